The molecule has 246 valence electrons. The van der Waals surface area contributed by atoms with Crippen LogP contribution < -0.4 is 15.1 Å². The van der Waals surface area contributed by atoms with Crippen molar-refractivity contribution in [2.45, 2.75) is 58.9 Å². The van der Waals surface area contributed by atoms with E-state index in [9.17, 15) is 20.0 Å². The standard InChI is InChI=1S/C34H47N9O3/c1-33(2,3)28-23-42(32(45)46)17-13-34(28)11-15-40(16-12-34)25-9-7-24(8-10-25)37-30-27(20-35)36-21-29(38-30)41-14-5-6-26(22-41)43-19-18-39(4)31(43)44/h7-10,21,26,28H,5-6,11-19,22-23H2,1-4H3,(H,37,38)(H,45,46)/t26?,28-/m1/s1. The summed E-state index contributed by atoms with van der Waals surface area (Å²) in [5.41, 5.74) is 2.41. The third-order valence-electron chi connectivity index (χ3n) is 10.9. The Morgan fingerprint density at radius 1 is 1.02 bits per heavy atom. The smallest absolute Gasteiger partial charge is 0.407 e. The Morgan fingerprint density at radius 3 is 2.37 bits per heavy atom. The number of aromatic nitrogens is 2. The molecule has 0 radical (unpaired) electrons. The molecule has 4 aliphatic heterocycles. The molecule has 0 bridgehead atoms. The van der Waals surface area contributed by atoms with Crippen molar-refractivity contribution in [2.24, 2.45) is 16.7 Å². The SMILES string of the molecule is CN1CCN(C2CCCN(c3cnc(C#N)c(Nc4ccc(N5CCC6(CCN(C(=O)O)C[C@@H]6C(C)(C)C)CC5)cc4)n3)C2)C1=O. The average Bonchev–Trinajstić information content (AvgIpc) is 3.38. The fraction of sp³-hybridized carbons (Fsp3) is 0.618. The van der Waals surface area contributed by atoms with Gasteiger partial charge in [0.2, 0.25) is 0 Å². The number of likely N-dealkylation sites (tertiary alicyclic amines) is 1. The predicted octanol–water partition coefficient (Wildman–Crippen LogP) is 5.06. The van der Waals surface area contributed by atoms with Crippen LogP contribution in [0.15, 0.2) is 30.5 Å². The van der Waals surface area contributed by atoms with Crippen LogP contribution in [-0.4, -0.2) is 107 Å². The molecule has 1 aromatic carbocycles. The number of carbonyl (C=O) groups is 2. The zero-order valence-electron chi connectivity index (χ0n) is 27.6. The lowest BCUT2D eigenvalue weighted by Crippen LogP contribution is -2.56. The van der Waals surface area contributed by atoms with E-state index in [4.69, 9.17) is 4.98 Å². The first-order chi connectivity index (χ1) is 22.0. The van der Waals surface area contributed by atoms with E-state index >= 15 is 0 Å². The van der Waals surface area contributed by atoms with Crippen LogP contribution in [0.5, 0.6) is 0 Å². The lowest BCUT2D eigenvalue weighted by molar-refractivity contribution is -0.0373. The number of hydrogen-bond donors (Lipinski definition) is 2. The molecule has 4 saturated heterocycles. The molecule has 0 saturated carbocycles. The molecule has 4 aliphatic rings. The second kappa shape index (κ2) is 12.5. The molecule has 2 aromatic rings. The van der Waals surface area contributed by atoms with E-state index in [1.54, 1.807) is 16.0 Å². The highest BCUT2D eigenvalue weighted by molar-refractivity contribution is 5.76. The van der Waals surface area contributed by atoms with Gasteiger partial charge in [0.1, 0.15) is 11.9 Å². The van der Waals surface area contributed by atoms with Gasteiger partial charge in [0.05, 0.1) is 12.2 Å². The maximum absolute atomic E-state index is 12.6. The van der Waals surface area contributed by atoms with E-state index in [0.717, 1.165) is 76.2 Å². The summed E-state index contributed by atoms with van der Waals surface area (Å²) in [7, 11) is 1.85. The number of likely N-dealkylation sites (N-methyl/N-ethyl adjacent to an activating group) is 1. The van der Waals surface area contributed by atoms with Crippen molar-refractivity contribution in [1.82, 2.24) is 24.7 Å². The molecule has 1 aromatic heterocycles. The van der Waals surface area contributed by atoms with Gasteiger partial charge in [-0.05, 0) is 73.1 Å². The van der Waals surface area contributed by atoms with Gasteiger partial charge in [-0.15, -0.1) is 0 Å². The first-order valence-corrected chi connectivity index (χ1v) is 16.6. The molecule has 0 aliphatic carbocycles. The summed E-state index contributed by atoms with van der Waals surface area (Å²) < 4.78 is 0. The topological polar surface area (TPSA) is 132 Å². The molecule has 12 heteroatoms. The number of rotatable bonds is 5. The molecular formula is C34H47N9O3. The summed E-state index contributed by atoms with van der Waals surface area (Å²) in [4.78, 5) is 43.5. The van der Waals surface area contributed by atoms with Crippen molar-refractivity contribution in [3.63, 3.8) is 0 Å². The van der Waals surface area contributed by atoms with Crippen LogP contribution in [0.4, 0.5) is 32.6 Å². The Labute approximate surface area is 272 Å². The van der Waals surface area contributed by atoms with E-state index in [1.165, 1.54) is 0 Å². The quantitative estimate of drug-likeness (QED) is 0.466. The fourth-order valence-electron chi connectivity index (χ4n) is 8.23. The summed E-state index contributed by atoms with van der Waals surface area (Å²) in [6.45, 7) is 12.9. The number of nitrogens with one attached hydrogen (secondary N) is 1. The third kappa shape index (κ3) is 6.24. The van der Waals surface area contributed by atoms with E-state index in [0.29, 0.717) is 37.2 Å². The number of hydrogen-bond acceptors (Lipinski definition) is 8. The normalized spacial score (nSPS) is 23.5. The van der Waals surface area contributed by atoms with E-state index < -0.39 is 6.09 Å². The second-order valence-electron chi connectivity index (χ2n) is 14.6. The molecule has 4 fully saturated rings. The van der Waals surface area contributed by atoms with Crippen LogP contribution in [0.25, 0.3) is 0 Å². The summed E-state index contributed by atoms with van der Waals surface area (Å²) in [6, 6.07) is 10.6. The molecule has 3 amide bonds. The number of urea groups is 1. The van der Waals surface area contributed by atoms with Gasteiger partial charge in [-0.3, -0.25) is 0 Å². The Morgan fingerprint density at radius 2 is 1.74 bits per heavy atom. The van der Waals surface area contributed by atoms with Gasteiger partial charge < -0.3 is 34.9 Å². The molecule has 5 heterocycles. The highest BCUT2D eigenvalue weighted by atomic mass is 16.4. The van der Waals surface area contributed by atoms with Crippen LogP contribution in [0.1, 0.15) is 58.6 Å². The largest absolute Gasteiger partial charge is 0.465 e. The van der Waals surface area contributed by atoms with E-state index in [-0.39, 0.29) is 28.6 Å². The van der Waals surface area contributed by atoms with Gasteiger partial charge in [0, 0.05) is 70.8 Å². The van der Waals surface area contributed by atoms with Gasteiger partial charge in [0.25, 0.3) is 0 Å². The van der Waals surface area contributed by atoms with Gasteiger partial charge in [-0.2, -0.15) is 5.26 Å². The molecule has 1 spiro atoms. The van der Waals surface area contributed by atoms with Gasteiger partial charge >= 0.3 is 12.1 Å². The molecule has 46 heavy (non-hydrogen) atoms. The maximum Gasteiger partial charge on any atom is 0.407 e. The molecule has 1 unspecified atom stereocenters. The molecule has 6 rings (SSSR count). The number of carboxylic acid groups (broad SMARTS) is 1. The average molecular weight is 630 g/mol. The molecule has 2 N–H and O–H groups in total. The Hall–Kier alpha value is -4.27. The minimum Gasteiger partial charge on any atom is -0.465 e. The van der Waals surface area contributed by atoms with Crippen LogP contribution in [0.2, 0.25) is 0 Å². The number of amides is 3. The number of carbonyl (C=O) groups excluding carboxylic acids is 1. The van der Waals surface area contributed by atoms with Crippen molar-refractivity contribution in [1.29, 1.82) is 5.26 Å². The first-order valence-electron chi connectivity index (χ1n) is 16.6. The van der Waals surface area contributed by atoms with Crippen LogP contribution in [0.3, 0.4) is 0 Å². The zero-order valence-corrected chi connectivity index (χ0v) is 27.6. The van der Waals surface area contributed by atoms with Crippen molar-refractivity contribution < 1.29 is 14.7 Å². The number of piperidine rings is 3. The number of benzene rings is 1. The summed E-state index contributed by atoms with van der Waals surface area (Å²) in [5, 5.41) is 22.8. The van der Waals surface area contributed by atoms with Gasteiger partial charge in [0.15, 0.2) is 11.5 Å². The number of nitrogens with zero attached hydrogens (tertiary/aromatic N) is 8. The van der Waals surface area contributed by atoms with E-state index in [2.05, 4.69) is 59.1 Å². The fourth-order valence-corrected chi connectivity index (χ4v) is 8.23. The number of nitriles is 1. The van der Waals surface area contributed by atoms with Crippen molar-refractivity contribution in [3.8, 4) is 6.07 Å². The molecule has 12 nitrogen and oxygen atoms in total. The lowest BCUT2D eigenvalue weighted by Gasteiger charge is -2.55. The van der Waals surface area contributed by atoms with Crippen LogP contribution in [0, 0.1) is 28.1 Å². The highest BCUT2D eigenvalue weighted by Gasteiger charge is 2.50. The maximum atomic E-state index is 12.6. The summed E-state index contributed by atoms with van der Waals surface area (Å²) in [5.74, 6) is 1.45. The first kappa shape index (κ1) is 31.7. The van der Waals surface area contributed by atoms with E-state index in [1.807, 2.05) is 24.1 Å². The Bertz CT molecular complexity index is 1480. The van der Waals surface area contributed by atoms with Gasteiger partial charge in [-0.1, -0.05) is 20.8 Å². The summed E-state index contributed by atoms with van der Waals surface area (Å²) >= 11 is 0. The zero-order chi connectivity index (χ0) is 32.6. The van der Waals surface area contributed by atoms with Crippen molar-refractivity contribution in [2.75, 3.05) is 74.5 Å². The van der Waals surface area contributed by atoms with Crippen LogP contribution >= 0.6 is 0 Å². The van der Waals surface area contributed by atoms with Crippen molar-refractivity contribution in [3.05, 3.63) is 36.2 Å². The number of anilines is 4. The predicted molar refractivity (Wildman–Crippen MR) is 177 cm³/mol. The monoisotopic (exact) mass is 629 g/mol. The third-order valence-corrected chi connectivity index (χ3v) is 10.9. The molecular weight excluding hydrogens is 582 g/mol. The van der Waals surface area contributed by atoms with Crippen molar-refractivity contribution >= 4 is 35.1 Å². The highest BCUT2D eigenvalue weighted by Crippen LogP contribution is 2.52. The minimum atomic E-state index is -0.807. The lowest BCUT2D eigenvalue weighted by atomic mass is 9.57. The minimum absolute atomic E-state index is 0.0335. The Kier molecular flexibility index (Phi) is 8.61. The van der Waals surface area contributed by atoms with Gasteiger partial charge in [-0.25, -0.2) is 19.6 Å². The second-order valence-corrected chi connectivity index (χ2v) is 14.6. The molecule has 2 atom stereocenters. The Balaban J connectivity index is 1.11. The summed E-state index contributed by atoms with van der Waals surface area (Å²) in [6.07, 6.45) is 5.80. The van der Waals surface area contributed by atoms with Crippen LogP contribution in [-0.2, 0) is 0 Å².